The number of carbonyl (C=O) groups is 5. The highest BCUT2D eigenvalue weighted by Gasteiger charge is 2.54. The van der Waals surface area contributed by atoms with Gasteiger partial charge in [-0.3, -0.25) is 28.5 Å². The maximum Gasteiger partial charge on any atom is 0.362 e. The van der Waals surface area contributed by atoms with Crippen molar-refractivity contribution in [3.63, 3.8) is 0 Å². The molecule has 3 atom stereocenters. The van der Waals surface area contributed by atoms with Crippen LogP contribution in [0.4, 0.5) is 5.13 Å². The van der Waals surface area contributed by atoms with Gasteiger partial charge in [0.05, 0.1) is 11.7 Å². The lowest BCUT2D eigenvalue weighted by molar-refractivity contribution is -0.161. The van der Waals surface area contributed by atoms with Crippen molar-refractivity contribution >= 4 is 62.1 Å². The molecule has 5 heterocycles. The third kappa shape index (κ3) is 8.81. The van der Waals surface area contributed by atoms with Crippen molar-refractivity contribution < 1.29 is 56.5 Å². The Morgan fingerprint density at radius 3 is 2.59 bits per heavy atom. The van der Waals surface area contributed by atoms with Crippen molar-refractivity contribution in [2.75, 3.05) is 38.5 Å². The summed E-state index contributed by atoms with van der Waals surface area (Å²) in [6, 6.07) is -0.783. The normalized spacial score (nSPS) is 19.2. The zero-order chi connectivity index (χ0) is 39.5. The predicted molar refractivity (Wildman–Crippen MR) is 184 cm³/mol. The standard InChI is InChI=1S/C29H34N10O13S2/c1-29(2,27(46)47)52-37-21(16-12-53-28(30)34-16)25(44)35-22-17(39(26(22)45)54(48,49)50)9-33-24(43)20-8-14(36-51-20)13-3-5-38(11-13)6-4-31-23(42)15-7-18(40)19(41)10-32-15/h7-8,10,12-13,17,22,41H,3-6,9,11H2,1-2H3,(H2,30,34)(H,31,42)(H,32,40)(H,33,43)(H,35,44)(H,46,47)(H,48,49,50)/b37-21-/t13-,17-,22+/m1/s1. The number of amides is 4. The van der Waals surface area contributed by atoms with E-state index in [4.69, 9.17) is 15.1 Å². The van der Waals surface area contributed by atoms with Gasteiger partial charge in [0.15, 0.2) is 16.6 Å². The molecule has 4 amide bonds. The van der Waals surface area contributed by atoms with Crippen LogP contribution in [0.1, 0.15) is 58.6 Å². The molecule has 0 aromatic carbocycles. The molecule has 2 fully saturated rings. The van der Waals surface area contributed by atoms with Crippen LogP contribution in [0.2, 0.25) is 0 Å². The van der Waals surface area contributed by atoms with Gasteiger partial charge in [0.25, 0.3) is 23.6 Å². The number of aliphatic carboxylic acids is 1. The Balaban J connectivity index is 1.18. The fourth-order valence-electron chi connectivity index (χ4n) is 5.34. The number of H-pyrrole nitrogens is 1. The second-order valence-corrected chi connectivity index (χ2v) is 14.7. The van der Waals surface area contributed by atoms with Crippen LogP contribution in [-0.4, -0.2) is 133 Å². The first-order valence-corrected chi connectivity index (χ1v) is 18.1. The Hall–Kier alpha value is -5.92. The molecule has 0 spiro atoms. The molecule has 0 bridgehead atoms. The van der Waals surface area contributed by atoms with E-state index in [0.29, 0.717) is 31.7 Å². The van der Waals surface area contributed by atoms with Gasteiger partial charge in [-0.05, 0) is 26.8 Å². The molecule has 3 aromatic rings. The molecule has 5 rings (SSSR count). The first-order chi connectivity index (χ1) is 25.4. The summed E-state index contributed by atoms with van der Waals surface area (Å²) in [5, 5.41) is 34.9. The summed E-state index contributed by atoms with van der Waals surface area (Å²) < 4.78 is 39.0. The van der Waals surface area contributed by atoms with Crippen LogP contribution in [0.25, 0.3) is 0 Å². The quantitative estimate of drug-likeness (QED) is 0.0351. The van der Waals surface area contributed by atoms with Crippen LogP contribution in [0.3, 0.4) is 0 Å². The maximum atomic E-state index is 13.3. The van der Waals surface area contributed by atoms with E-state index in [-0.39, 0.29) is 39.0 Å². The number of hydrogen-bond donors (Lipinski definition) is 8. The number of rotatable bonds is 15. The Bertz CT molecular complexity index is 2160. The number of hydrogen-bond acceptors (Lipinski definition) is 17. The summed E-state index contributed by atoms with van der Waals surface area (Å²) >= 11 is 0.910. The van der Waals surface area contributed by atoms with Gasteiger partial charge in [-0.2, -0.15) is 8.42 Å². The lowest BCUT2D eigenvalue weighted by atomic mass is 9.98. The van der Waals surface area contributed by atoms with Crippen LogP contribution in [0.5, 0.6) is 5.75 Å². The van der Waals surface area contributed by atoms with E-state index in [1.807, 2.05) is 4.90 Å². The molecule has 3 aromatic heterocycles. The summed E-state index contributed by atoms with van der Waals surface area (Å²) in [7, 11) is -5.15. The van der Waals surface area contributed by atoms with E-state index in [0.717, 1.165) is 37.4 Å². The zero-order valence-electron chi connectivity index (χ0n) is 28.3. The van der Waals surface area contributed by atoms with Gasteiger partial charge in [-0.1, -0.05) is 10.3 Å². The van der Waals surface area contributed by atoms with Crippen molar-refractivity contribution in [3.8, 4) is 5.75 Å². The molecule has 54 heavy (non-hydrogen) atoms. The molecule has 25 heteroatoms. The Kier molecular flexibility index (Phi) is 11.3. The fraction of sp³-hybridized carbons (Fsp3) is 0.414. The second-order valence-electron chi connectivity index (χ2n) is 12.5. The van der Waals surface area contributed by atoms with Gasteiger partial charge in [0.1, 0.15) is 17.4 Å². The predicted octanol–water partition coefficient (Wildman–Crippen LogP) is -2.16. The van der Waals surface area contributed by atoms with Gasteiger partial charge in [-0.25, -0.2) is 14.1 Å². The number of nitrogens with one attached hydrogen (secondary N) is 4. The Morgan fingerprint density at radius 2 is 1.94 bits per heavy atom. The molecular weight excluding hydrogens is 761 g/mol. The van der Waals surface area contributed by atoms with Crippen LogP contribution < -0.4 is 27.1 Å². The van der Waals surface area contributed by atoms with Crippen molar-refractivity contribution in [1.29, 1.82) is 0 Å². The highest BCUT2D eigenvalue weighted by Crippen LogP contribution is 2.27. The van der Waals surface area contributed by atoms with Gasteiger partial charge >= 0.3 is 16.3 Å². The molecule has 290 valence electrons. The highest BCUT2D eigenvalue weighted by atomic mass is 32.2. The molecule has 2 aliphatic heterocycles. The Morgan fingerprint density at radius 1 is 1.20 bits per heavy atom. The number of likely N-dealkylation sites (tertiary alicyclic amines) is 1. The second kappa shape index (κ2) is 15.6. The summed E-state index contributed by atoms with van der Waals surface area (Å²) in [6.45, 7) is 3.54. The summed E-state index contributed by atoms with van der Waals surface area (Å²) in [6.07, 6.45) is 1.66. The lowest BCUT2D eigenvalue weighted by Crippen LogP contribution is -2.74. The summed E-state index contributed by atoms with van der Waals surface area (Å²) in [4.78, 5) is 88.0. The van der Waals surface area contributed by atoms with Crippen molar-refractivity contribution in [3.05, 3.63) is 56.8 Å². The first kappa shape index (κ1) is 39.3. The van der Waals surface area contributed by atoms with E-state index in [1.54, 1.807) is 0 Å². The molecule has 2 saturated heterocycles. The number of aromatic hydroxyl groups is 1. The van der Waals surface area contributed by atoms with Gasteiger partial charge < -0.3 is 51.1 Å². The van der Waals surface area contributed by atoms with E-state index >= 15 is 0 Å². The van der Waals surface area contributed by atoms with Crippen molar-refractivity contribution in [2.45, 2.75) is 43.9 Å². The number of nitrogens with zero attached hydrogens (tertiary/aromatic N) is 5. The number of nitrogens with two attached hydrogens (primary N) is 1. The van der Waals surface area contributed by atoms with E-state index in [9.17, 15) is 52.0 Å². The SMILES string of the molecule is CC(C)(O/N=C(\C(=O)N[C@@H]1C(=O)N(S(=O)(=O)O)[C@@H]1CNC(=O)c1cc([C@@H]2CCN(CCNC(=O)c3cc(=O)c(O)c[nH]3)C2)no1)c1csc(N)n1)C(=O)O. The molecular formula is C29H34N10O13S2. The smallest absolute Gasteiger partial charge is 0.362 e. The average Bonchev–Trinajstić information content (AvgIpc) is 3.87. The number of carboxylic acids is 1. The third-order valence-electron chi connectivity index (χ3n) is 8.33. The van der Waals surface area contributed by atoms with E-state index < -0.39 is 81.0 Å². The van der Waals surface area contributed by atoms with E-state index in [1.165, 1.54) is 11.4 Å². The highest BCUT2D eigenvalue weighted by molar-refractivity contribution is 7.84. The van der Waals surface area contributed by atoms with Crippen molar-refractivity contribution in [2.24, 2.45) is 5.16 Å². The minimum atomic E-state index is -5.15. The molecule has 0 radical (unpaired) electrons. The first-order valence-electron chi connectivity index (χ1n) is 15.8. The summed E-state index contributed by atoms with van der Waals surface area (Å²) in [5.74, 6) is -6.11. The average molecular weight is 795 g/mol. The summed E-state index contributed by atoms with van der Waals surface area (Å²) in [5.41, 5.74) is 2.74. The van der Waals surface area contributed by atoms with Crippen LogP contribution >= 0.6 is 11.3 Å². The number of anilines is 1. The molecule has 0 aliphatic carbocycles. The van der Waals surface area contributed by atoms with Crippen LogP contribution in [0, 0.1) is 0 Å². The number of aromatic nitrogens is 3. The maximum absolute atomic E-state index is 13.3. The number of β-lactam (4-membered cyclic amide) rings is 1. The number of oxime groups is 1. The number of carboxylic acid groups (broad SMARTS) is 1. The number of carbonyl (C=O) groups excluding carboxylic acids is 4. The van der Waals surface area contributed by atoms with Gasteiger partial charge in [-0.15, -0.1) is 11.3 Å². The minimum Gasteiger partial charge on any atom is -0.503 e. The zero-order valence-corrected chi connectivity index (χ0v) is 30.0. The topological polar surface area (TPSA) is 342 Å². The molecule has 9 N–H and O–H groups in total. The largest absolute Gasteiger partial charge is 0.503 e. The monoisotopic (exact) mass is 794 g/mol. The number of thiazole rings is 1. The van der Waals surface area contributed by atoms with Crippen LogP contribution in [-0.2, 0) is 29.5 Å². The fourth-order valence-corrected chi connectivity index (χ4v) is 6.77. The third-order valence-corrected chi connectivity index (χ3v) is 9.95. The van der Waals surface area contributed by atoms with Crippen LogP contribution in [0.15, 0.2) is 38.2 Å². The van der Waals surface area contributed by atoms with Crippen molar-refractivity contribution in [1.82, 2.24) is 40.3 Å². The number of aromatic amines is 1. The minimum absolute atomic E-state index is 0.00845. The molecule has 23 nitrogen and oxygen atoms in total. The molecule has 0 unspecified atom stereocenters. The van der Waals surface area contributed by atoms with Gasteiger partial charge in [0.2, 0.25) is 16.8 Å². The Labute approximate surface area is 308 Å². The van der Waals surface area contributed by atoms with E-state index in [2.05, 4.69) is 36.2 Å². The van der Waals surface area contributed by atoms with Gasteiger partial charge in [0, 0.05) is 55.8 Å². The molecule has 2 aliphatic rings. The lowest BCUT2D eigenvalue weighted by Gasteiger charge is -2.44. The number of pyridine rings is 1. The number of nitrogen functional groups attached to an aromatic ring is 1. The molecule has 0 saturated carbocycles.